The molecule has 2 aliphatic rings. The number of alkyl halides is 5. The molecule has 2 saturated heterocycles. The minimum atomic E-state index is -4.78. The normalized spacial score (nSPS) is 23.2. The van der Waals surface area contributed by atoms with E-state index in [4.69, 9.17) is 0 Å². The van der Waals surface area contributed by atoms with Gasteiger partial charge in [-0.05, 0) is 44.9 Å². The van der Waals surface area contributed by atoms with Gasteiger partial charge < -0.3 is 25.5 Å². The molecule has 1 unspecified atom stereocenters. The zero-order valence-electron chi connectivity index (χ0n) is 19.5. The van der Waals surface area contributed by atoms with E-state index in [0.717, 1.165) is 30.0 Å². The number of aliphatic hydroxyl groups is 1. The first-order valence-corrected chi connectivity index (χ1v) is 11.6. The van der Waals surface area contributed by atoms with Crippen molar-refractivity contribution in [1.82, 2.24) is 9.97 Å². The number of nitrogens with zero attached hydrogens (tertiary/aromatic N) is 4. The van der Waals surface area contributed by atoms with Crippen LogP contribution in [0.15, 0.2) is 24.4 Å². The molecule has 2 aromatic rings. The highest BCUT2D eigenvalue weighted by Gasteiger charge is 2.41. The van der Waals surface area contributed by atoms with Crippen LogP contribution in [-0.2, 0) is 6.18 Å². The Bertz CT molecular complexity index is 1030. The van der Waals surface area contributed by atoms with Gasteiger partial charge >= 0.3 is 6.18 Å². The van der Waals surface area contributed by atoms with Crippen LogP contribution >= 0.6 is 0 Å². The predicted octanol–water partition coefficient (Wildman–Crippen LogP) is 4.52. The highest BCUT2D eigenvalue weighted by atomic mass is 19.4. The number of aliphatic hydroxyl groups excluding tert-OH is 1. The Balaban J connectivity index is 1.65. The topological polar surface area (TPSA) is 76.6 Å². The summed E-state index contributed by atoms with van der Waals surface area (Å²) in [7, 11) is 0. The first kappa shape index (κ1) is 25.2. The van der Waals surface area contributed by atoms with Gasteiger partial charge in [-0.15, -0.1) is 0 Å². The van der Waals surface area contributed by atoms with Crippen LogP contribution in [0.25, 0.3) is 0 Å². The molecule has 0 saturated carbocycles. The van der Waals surface area contributed by atoms with Crippen LogP contribution in [-0.4, -0.2) is 65.7 Å². The van der Waals surface area contributed by atoms with Crippen molar-refractivity contribution in [2.24, 2.45) is 0 Å². The third kappa shape index (κ3) is 5.85. The fraction of sp³-hybridized carbons (Fsp3) is 0.565. The van der Waals surface area contributed by atoms with Crippen LogP contribution in [0.3, 0.4) is 0 Å². The average Bonchev–Trinajstić information content (AvgIpc) is 3.12. The molecule has 1 aromatic carbocycles. The Morgan fingerprint density at radius 1 is 1.06 bits per heavy atom. The molecule has 3 N–H and O–H groups in total. The summed E-state index contributed by atoms with van der Waals surface area (Å²) >= 11 is 0. The molecule has 0 bridgehead atoms. The second kappa shape index (κ2) is 10.00. The van der Waals surface area contributed by atoms with Gasteiger partial charge in [0.1, 0.15) is 11.4 Å². The minimum Gasteiger partial charge on any atom is -0.391 e. The number of hydrogen-bond donors (Lipinski definition) is 3. The van der Waals surface area contributed by atoms with Gasteiger partial charge in [-0.1, -0.05) is 0 Å². The summed E-state index contributed by atoms with van der Waals surface area (Å²) in [6.45, 7) is 4.18. The molecule has 7 nitrogen and oxygen atoms in total. The van der Waals surface area contributed by atoms with E-state index in [9.17, 15) is 27.1 Å². The summed E-state index contributed by atoms with van der Waals surface area (Å²) in [4.78, 5) is 10.9. The van der Waals surface area contributed by atoms with Crippen LogP contribution in [0, 0.1) is 0 Å². The van der Waals surface area contributed by atoms with E-state index >= 15 is 0 Å². The average molecular weight is 501 g/mol. The zero-order chi connectivity index (χ0) is 25.3. The highest BCUT2D eigenvalue weighted by Crippen LogP contribution is 2.38. The molecule has 4 rings (SSSR count). The van der Waals surface area contributed by atoms with Crippen LogP contribution in [0.2, 0.25) is 0 Å². The van der Waals surface area contributed by atoms with Gasteiger partial charge in [0.2, 0.25) is 5.95 Å². The zero-order valence-corrected chi connectivity index (χ0v) is 19.5. The Morgan fingerprint density at radius 3 is 2.40 bits per heavy atom. The van der Waals surface area contributed by atoms with Crippen molar-refractivity contribution in [3.05, 3.63) is 30.0 Å². The van der Waals surface area contributed by atoms with Crippen molar-refractivity contribution in [2.75, 3.05) is 46.6 Å². The number of β-amino-alcohol motifs (C(OH)–C–C–N with tert-alkyl or cyclic N) is 1. The monoisotopic (exact) mass is 500 g/mol. The number of benzene rings is 1. The number of hydrogen-bond acceptors (Lipinski definition) is 7. The third-order valence-electron chi connectivity index (χ3n) is 6.01. The smallest absolute Gasteiger partial charge is 0.391 e. The number of piperidine rings is 1. The molecule has 3 heterocycles. The summed E-state index contributed by atoms with van der Waals surface area (Å²) in [5, 5.41) is 16.3. The lowest BCUT2D eigenvalue weighted by atomic mass is 10.1. The summed E-state index contributed by atoms with van der Waals surface area (Å²) in [6, 6.07) is 5.55. The Labute approximate surface area is 200 Å². The molecule has 2 aliphatic heterocycles. The maximum Gasteiger partial charge on any atom is 0.421 e. The van der Waals surface area contributed by atoms with Gasteiger partial charge in [0.05, 0.1) is 30.6 Å². The van der Waals surface area contributed by atoms with Gasteiger partial charge in [0.25, 0.3) is 0 Å². The first-order chi connectivity index (χ1) is 16.5. The van der Waals surface area contributed by atoms with Gasteiger partial charge in [0.15, 0.2) is 12.3 Å². The van der Waals surface area contributed by atoms with Crippen LogP contribution in [0.4, 0.5) is 50.8 Å². The molecular weight excluding hydrogens is 471 g/mol. The lowest BCUT2D eigenvalue weighted by Crippen LogP contribution is -2.38. The first-order valence-electron chi connectivity index (χ1n) is 11.6. The molecule has 0 radical (unpaired) electrons. The molecule has 0 spiro atoms. The molecule has 0 aliphatic carbocycles. The largest absolute Gasteiger partial charge is 0.421 e. The second-order valence-electron chi connectivity index (χ2n) is 9.26. The Morgan fingerprint density at radius 2 is 1.77 bits per heavy atom. The van der Waals surface area contributed by atoms with Crippen LogP contribution in [0.5, 0.6) is 0 Å². The van der Waals surface area contributed by atoms with E-state index < -0.39 is 49.1 Å². The minimum absolute atomic E-state index is 0.0504. The van der Waals surface area contributed by atoms with E-state index in [1.807, 2.05) is 26.0 Å². The van der Waals surface area contributed by atoms with Crippen molar-refractivity contribution in [2.45, 2.75) is 57.4 Å². The van der Waals surface area contributed by atoms with E-state index in [-0.39, 0.29) is 12.0 Å². The molecule has 2 fully saturated rings. The van der Waals surface area contributed by atoms with Crippen molar-refractivity contribution in [3.8, 4) is 0 Å². The Kier molecular flexibility index (Phi) is 7.20. The molecule has 192 valence electrons. The van der Waals surface area contributed by atoms with E-state index in [2.05, 4.69) is 25.5 Å². The fourth-order valence-electron chi connectivity index (χ4n) is 4.35. The Hall–Kier alpha value is -2.89. The number of aromatic nitrogens is 2. The lowest BCUT2D eigenvalue weighted by molar-refractivity contribution is -0.137. The maximum atomic E-state index is 13.7. The summed E-state index contributed by atoms with van der Waals surface area (Å²) < 4.78 is 68.2. The van der Waals surface area contributed by atoms with Crippen LogP contribution in [0.1, 0.15) is 32.3 Å². The molecule has 1 aromatic heterocycles. The van der Waals surface area contributed by atoms with Gasteiger partial charge in [-0.2, -0.15) is 18.2 Å². The summed E-state index contributed by atoms with van der Waals surface area (Å²) in [5.74, 6) is -0.686. The molecule has 12 heteroatoms. The van der Waals surface area contributed by atoms with Crippen molar-refractivity contribution in [1.29, 1.82) is 0 Å². The molecule has 3 atom stereocenters. The van der Waals surface area contributed by atoms with E-state index in [1.165, 1.54) is 0 Å². The molecule has 0 amide bonds. The number of halogens is 5. The van der Waals surface area contributed by atoms with Gasteiger partial charge in [-0.3, -0.25) is 0 Å². The van der Waals surface area contributed by atoms with Gasteiger partial charge in [-0.25, -0.2) is 13.8 Å². The van der Waals surface area contributed by atoms with Crippen LogP contribution < -0.4 is 20.4 Å². The standard InChI is InChI=1S/C23H29F5N6O/c1-13(2)30-20-8-14(33-7-3-4-15(35)10-33)5-6-19(20)31-22-29-9-16(23(26,27)28)21(32-22)34-11-17(24)18(25)12-34/h5-6,8-9,13,15,17-18,30,35H,3-4,7,10-12H2,1-2H3,(H,29,31,32)/t15?,17-,18-/m0/s1. The van der Waals surface area contributed by atoms with E-state index in [1.54, 1.807) is 6.07 Å². The number of anilines is 5. The number of rotatable bonds is 6. The maximum absolute atomic E-state index is 13.7. The lowest BCUT2D eigenvalue weighted by Gasteiger charge is -2.32. The summed E-state index contributed by atoms with van der Waals surface area (Å²) in [5.41, 5.74) is 0.950. The SMILES string of the molecule is CC(C)Nc1cc(N2CCCC(O)C2)ccc1Nc1ncc(C(F)(F)F)c(N2C[C@H](F)[C@@H](F)C2)n1. The van der Waals surface area contributed by atoms with Crippen molar-refractivity contribution in [3.63, 3.8) is 0 Å². The predicted molar refractivity (Wildman–Crippen MR) is 125 cm³/mol. The van der Waals surface area contributed by atoms with Crippen molar-refractivity contribution < 1.29 is 27.1 Å². The van der Waals surface area contributed by atoms with E-state index in [0.29, 0.717) is 24.1 Å². The quantitative estimate of drug-likeness (QED) is 0.504. The molecular formula is C23H29F5N6O. The molecule has 35 heavy (non-hydrogen) atoms. The fourth-order valence-corrected chi connectivity index (χ4v) is 4.35. The highest BCUT2D eigenvalue weighted by molar-refractivity contribution is 5.77. The third-order valence-corrected chi connectivity index (χ3v) is 6.01. The van der Waals surface area contributed by atoms with Gasteiger partial charge in [0, 0.05) is 31.0 Å². The second-order valence-corrected chi connectivity index (χ2v) is 9.26. The number of nitrogens with one attached hydrogen (secondary N) is 2. The van der Waals surface area contributed by atoms with Crippen molar-refractivity contribution >= 4 is 28.8 Å². The summed E-state index contributed by atoms with van der Waals surface area (Å²) in [6.07, 6.45) is -6.70.